The van der Waals surface area contributed by atoms with Gasteiger partial charge >= 0.3 is 0 Å². The number of ether oxygens (including phenoxy) is 2. The van der Waals surface area contributed by atoms with E-state index in [1.54, 1.807) is 25.6 Å². The zero-order valence-corrected chi connectivity index (χ0v) is 22.3. The molecule has 7 nitrogen and oxygen atoms in total. The van der Waals surface area contributed by atoms with Gasteiger partial charge in [0.15, 0.2) is 22.6 Å². The van der Waals surface area contributed by atoms with Crippen LogP contribution in [0, 0.1) is 6.92 Å². The third-order valence-electron chi connectivity index (χ3n) is 5.40. The molecule has 1 aromatic carbocycles. The van der Waals surface area contributed by atoms with Crippen LogP contribution in [0.4, 0.5) is 5.13 Å². The van der Waals surface area contributed by atoms with Gasteiger partial charge in [-0.3, -0.25) is 4.99 Å². The van der Waals surface area contributed by atoms with Gasteiger partial charge in [0.1, 0.15) is 0 Å². The van der Waals surface area contributed by atoms with Crippen LogP contribution in [0.5, 0.6) is 11.5 Å². The molecule has 1 aromatic heterocycles. The van der Waals surface area contributed by atoms with Crippen LogP contribution in [-0.4, -0.2) is 63.8 Å². The molecule has 0 bridgehead atoms. The van der Waals surface area contributed by atoms with Crippen LogP contribution in [0.1, 0.15) is 29.7 Å². The first-order valence-corrected chi connectivity index (χ1v) is 11.3. The van der Waals surface area contributed by atoms with E-state index < -0.39 is 0 Å². The Bertz CT molecular complexity index is 868. The van der Waals surface area contributed by atoms with Gasteiger partial charge in [0.25, 0.3) is 0 Å². The van der Waals surface area contributed by atoms with Crippen molar-refractivity contribution in [2.24, 2.45) is 4.99 Å². The zero-order valence-electron chi connectivity index (χ0n) is 19.1. The number of rotatable bonds is 8. The molecule has 0 spiro atoms. The molecule has 172 valence electrons. The largest absolute Gasteiger partial charge is 0.493 e. The van der Waals surface area contributed by atoms with Crippen LogP contribution in [0.2, 0.25) is 0 Å². The first-order valence-electron chi connectivity index (χ1n) is 10.4. The Morgan fingerprint density at radius 3 is 2.55 bits per heavy atom. The van der Waals surface area contributed by atoms with Gasteiger partial charge in [-0.2, -0.15) is 0 Å². The van der Waals surface area contributed by atoms with E-state index in [9.17, 15) is 0 Å². The van der Waals surface area contributed by atoms with Crippen LogP contribution in [0.15, 0.2) is 22.5 Å². The Kier molecular flexibility index (Phi) is 10.1. The smallest absolute Gasteiger partial charge is 0.193 e. The molecule has 0 unspecified atom stereocenters. The van der Waals surface area contributed by atoms with Crippen molar-refractivity contribution < 1.29 is 9.47 Å². The summed E-state index contributed by atoms with van der Waals surface area (Å²) >= 11 is 1.75. The van der Waals surface area contributed by atoms with Gasteiger partial charge in [-0.1, -0.05) is 0 Å². The van der Waals surface area contributed by atoms with Crippen molar-refractivity contribution in [3.63, 3.8) is 0 Å². The SMILES string of the molecule is CN=C(NCCc1csc(N2CCCC2)n1)N(C)Cc1cc(OC)c(OC)cc1C.I. The zero-order chi connectivity index (χ0) is 21.5. The molecular weight excluding hydrogens is 525 g/mol. The van der Waals surface area contributed by atoms with Gasteiger partial charge in [0.05, 0.1) is 19.9 Å². The molecule has 0 radical (unpaired) electrons. The van der Waals surface area contributed by atoms with Crippen LogP contribution in [-0.2, 0) is 13.0 Å². The van der Waals surface area contributed by atoms with Gasteiger partial charge in [-0.05, 0) is 43.0 Å². The molecule has 0 atom stereocenters. The lowest BCUT2D eigenvalue weighted by molar-refractivity contribution is 0.353. The molecule has 1 saturated heterocycles. The maximum Gasteiger partial charge on any atom is 0.193 e. The Morgan fingerprint density at radius 1 is 1.23 bits per heavy atom. The fraction of sp³-hybridized carbons (Fsp3) is 0.545. The summed E-state index contributed by atoms with van der Waals surface area (Å²) in [5.41, 5.74) is 3.47. The van der Waals surface area contributed by atoms with Crippen LogP contribution in [0.3, 0.4) is 0 Å². The molecule has 0 amide bonds. The number of aryl methyl sites for hydroxylation is 1. The van der Waals surface area contributed by atoms with Crippen molar-refractivity contribution >= 4 is 46.4 Å². The second kappa shape index (κ2) is 12.3. The van der Waals surface area contributed by atoms with Crippen LogP contribution in [0.25, 0.3) is 0 Å². The number of nitrogens with zero attached hydrogens (tertiary/aromatic N) is 4. The van der Waals surface area contributed by atoms with E-state index in [0.29, 0.717) is 0 Å². The molecular formula is C22H34IN5O2S. The lowest BCUT2D eigenvalue weighted by atomic mass is 10.1. The molecule has 0 saturated carbocycles. The summed E-state index contributed by atoms with van der Waals surface area (Å²) in [5.74, 6) is 2.35. The molecule has 2 heterocycles. The number of nitrogens with one attached hydrogen (secondary N) is 1. The number of hydrogen-bond donors (Lipinski definition) is 1. The third kappa shape index (κ3) is 6.61. The minimum atomic E-state index is 0. The van der Waals surface area contributed by atoms with Crippen LogP contribution >= 0.6 is 35.3 Å². The quantitative estimate of drug-likeness (QED) is 0.301. The molecule has 1 aliphatic rings. The minimum absolute atomic E-state index is 0. The fourth-order valence-electron chi connectivity index (χ4n) is 3.68. The Balaban J connectivity index is 0.00000341. The number of methoxy groups -OCH3 is 2. The van der Waals surface area contributed by atoms with Crippen molar-refractivity contribution in [1.82, 2.24) is 15.2 Å². The van der Waals surface area contributed by atoms with E-state index in [0.717, 1.165) is 66.4 Å². The van der Waals surface area contributed by atoms with Crippen molar-refractivity contribution in [2.75, 3.05) is 52.8 Å². The summed E-state index contributed by atoms with van der Waals surface area (Å²) in [6, 6.07) is 4.05. The van der Waals surface area contributed by atoms with E-state index >= 15 is 0 Å². The number of halogens is 1. The summed E-state index contributed by atoms with van der Waals surface area (Å²) in [5, 5.41) is 6.79. The lowest BCUT2D eigenvalue weighted by Gasteiger charge is -2.23. The van der Waals surface area contributed by atoms with E-state index in [2.05, 4.69) is 32.4 Å². The first kappa shape index (κ1) is 25.5. The van der Waals surface area contributed by atoms with Crippen molar-refractivity contribution in [3.05, 3.63) is 34.3 Å². The van der Waals surface area contributed by atoms with Crippen molar-refractivity contribution in [1.29, 1.82) is 0 Å². The maximum atomic E-state index is 5.45. The number of guanidine groups is 1. The highest BCUT2D eigenvalue weighted by atomic mass is 127. The third-order valence-corrected chi connectivity index (χ3v) is 6.35. The molecule has 1 aliphatic heterocycles. The van der Waals surface area contributed by atoms with Gasteiger partial charge in [-0.15, -0.1) is 35.3 Å². The molecule has 2 aromatic rings. The second-order valence-electron chi connectivity index (χ2n) is 7.53. The lowest BCUT2D eigenvalue weighted by Crippen LogP contribution is -2.39. The first-order chi connectivity index (χ1) is 14.5. The summed E-state index contributed by atoms with van der Waals surface area (Å²) in [6.45, 7) is 5.88. The monoisotopic (exact) mass is 559 g/mol. The normalized spacial score (nSPS) is 13.7. The molecule has 0 aliphatic carbocycles. The highest BCUT2D eigenvalue weighted by Crippen LogP contribution is 2.30. The summed E-state index contributed by atoms with van der Waals surface area (Å²) in [7, 11) is 7.18. The Morgan fingerprint density at radius 2 is 1.90 bits per heavy atom. The molecule has 3 rings (SSSR count). The highest BCUT2D eigenvalue weighted by molar-refractivity contribution is 14.0. The molecule has 9 heteroatoms. The number of aromatic nitrogens is 1. The Hall–Kier alpha value is -1.75. The number of benzene rings is 1. The number of thiazole rings is 1. The van der Waals surface area contributed by atoms with Crippen molar-refractivity contribution in [2.45, 2.75) is 32.7 Å². The summed E-state index contributed by atoms with van der Waals surface area (Å²) in [6.07, 6.45) is 3.43. The summed E-state index contributed by atoms with van der Waals surface area (Å²) < 4.78 is 10.8. The van der Waals surface area contributed by atoms with Gasteiger partial charge in [0.2, 0.25) is 0 Å². The predicted octanol–water partition coefficient (Wildman–Crippen LogP) is 3.94. The molecule has 1 fully saturated rings. The maximum absolute atomic E-state index is 5.45. The average molecular weight is 560 g/mol. The predicted molar refractivity (Wildman–Crippen MR) is 140 cm³/mol. The molecule has 31 heavy (non-hydrogen) atoms. The van der Waals surface area contributed by atoms with Gasteiger partial charge < -0.3 is 24.6 Å². The molecule has 1 N–H and O–H groups in total. The number of hydrogen-bond acceptors (Lipinski definition) is 6. The Labute approximate surface area is 206 Å². The van der Waals surface area contributed by atoms with E-state index in [4.69, 9.17) is 14.5 Å². The topological polar surface area (TPSA) is 62.2 Å². The van der Waals surface area contributed by atoms with Crippen LogP contribution < -0.4 is 19.7 Å². The van der Waals surface area contributed by atoms with E-state index in [1.807, 2.05) is 26.2 Å². The van der Waals surface area contributed by atoms with Gasteiger partial charge in [-0.25, -0.2) is 4.98 Å². The summed E-state index contributed by atoms with van der Waals surface area (Å²) in [4.78, 5) is 13.7. The van der Waals surface area contributed by atoms with E-state index in [-0.39, 0.29) is 24.0 Å². The average Bonchev–Trinajstić information content (AvgIpc) is 3.44. The number of anilines is 1. The van der Waals surface area contributed by atoms with Crippen molar-refractivity contribution in [3.8, 4) is 11.5 Å². The number of aliphatic imine (C=N–C) groups is 1. The second-order valence-corrected chi connectivity index (χ2v) is 8.37. The highest BCUT2D eigenvalue weighted by Gasteiger charge is 2.16. The fourth-order valence-corrected chi connectivity index (χ4v) is 4.59. The van der Waals surface area contributed by atoms with E-state index in [1.165, 1.54) is 18.4 Å². The standard InChI is InChI=1S/C22H33N5O2S.HI/c1-16-12-19(28-4)20(29-5)13-17(16)14-26(3)21(23-2)24-9-8-18-15-30-22(25-18)27-10-6-7-11-27;/h12-13,15H,6-11,14H2,1-5H3,(H,23,24);1H. The minimum Gasteiger partial charge on any atom is -0.493 e. The van der Waals surface area contributed by atoms with Gasteiger partial charge in [0, 0.05) is 52.1 Å².